The molecular weight excluding hydrogens is 254 g/mol. The third kappa shape index (κ3) is 3.71. The highest BCUT2D eigenvalue weighted by Gasteiger charge is 2.03. The molecule has 0 aliphatic heterocycles. The number of pyridine rings is 1. The number of nitrogens with zero attached hydrogens (tertiary/aromatic N) is 1. The van der Waals surface area contributed by atoms with E-state index in [0.717, 1.165) is 16.9 Å². The van der Waals surface area contributed by atoms with Crippen molar-refractivity contribution in [2.75, 3.05) is 17.2 Å². The van der Waals surface area contributed by atoms with Gasteiger partial charge in [-0.1, -0.05) is 18.2 Å². The summed E-state index contributed by atoms with van der Waals surface area (Å²) in [5.74, 6) is 0.457. The lowest BCUT2D eigenvalue weighted by molar-refractivity contribution is 0.168. The Morgan fingerprint density at radius 3 is 2.70 bits per heavy atom. The van der Waals surface area contributed by atoms with Crippen LogP contribution in [0, 0.1) is 6.92 Å². The SMILES string of the molecule is CCOC(=O)Nc1ccc(Nc2ccccc2C)cn1. The fourth-order valence-corrected chi connectivity index (χ4v) is 1.68. The van der Waals surface area contributed by atoms with E-state index >= 15 is 0 Å². The number of carbonyl (C=O) groups excluding carboxylic acids is 1. The van der Waals surface area contributed by atoms with E-state index in [0.29, 0.717) is 12.4 Å². The summed E-state index contributed by atoms with van der Waals surface area (Å²) in [6.45, 7) is 4.12. The fourth-order valence-electron chi connectivity index (χ4n) is 1.68. The van der Waals surface area contributed by atoms with Crippen molar-refractivity contribution in [1.29, 1.82) is 0 Å². The van der Waals surface area contributed by atoms with Gasteiger partial charge in [-0.2, -0.15) is 0 Å². The standard InChI is InChI=1S/C15H17N3O2/c1-3-20-15(19)18-14-9-8-12(10-16-14)17-13-7-5-4-6-11(13)2/h4-10,17H,3H2,1-2H3,(H,16,18,19). The molecule has 2 aromatic rings. The molecule has 0 bridgehead atoms. The summed E-state index contributed by atoms with van der Waals surface area (Å²) in [5, 5.41) is 5.82. The number of nitrogens with one attached hydrogen (secondary N) is 2. The van der Waals surface area contributed by atoms with Gasteiger partial charge in [0.25, 0.3) is 0 Å². The number of benzene rings is 1. The lowest BCUT2D eigenvalue weighted by atomic mass is 10.2. The van der Waals surface area contributed by atoms with E-state index in [1.807, 2.05) is 37.3 Å². The number of aryl methyl sites for hydroxylation is 1. The molecule has 0 saturated heterocycles. The van der Waals surface area contributed by atoms with E-state index in [-0.39, 0.29) is 0 Å². The predicted octanol–water partition coefficient (Wildman–Crippen LogP) is 3.70. The Morgan fingerprint density at radius 1 is 1.25 bits per heavy atom. The minimum absolute atomic E-state index is 0.332. The molecule has 1 aromatic heterocycles. The van der Waals surface area contributed by atoms with Crippen molar-refractivity contribution in [2.24, 2.45) is 0 Å². The van der Waals surface area contributed by atoms with E-state index in [2.05, 4.69) is 15.6 Å². The van der Waals surface area contributed by atoms with Crippen LogP contribution in [0.1, 0.15) is 12.5 Å². The van der Waals surface area contributed by atoms with Crippen LogP contribution in [0.25, 0.3) is 0 Å². The van der Waals surface area contributed by atoms with Crippen molar-refractivity contribution in [3.05, 3.63) is 48.2 Å². The maximum atomic E-state index is 11.2. The number of para-hydroxylation sites is 1. The van der Waals surface area contributed by atoms with Gasteiger partial charge in [-0.3, -0.25) is 5.32 Å². The second-order valence-corrected chi connectivity index (χ2v) is 4.22. The van der Waals surface area contributed by atoms with Crippen LogP contribution in [-0.2, 0) is 4.74 Å². The van der Waals surface area contributed by atoms with Crippen molar-refractivity contribution >= 4 is 23.3 Å². The molecule has 0 aliphatic rings. The lowest BCUT2D eigenvalue weighted by Crippen LogP contribution is -2.14. The van der Waals surface area contributed by atoms with Gasteiger partial charge < -0.3 is 10.1 Å². The van der Waals surface area contributed by atoms with Crippen molar-refractivity contribution in [3.8, 4) is 0 Å². The zero-order chi connectivity index (χ0) is 14.4. The van der Waals surface area contributed by atoms with Crippen LogP contribution in [0.3, 0.4) is 0 Å². The first-order valence-corrected chi connectivity index (χ1v) is 6.41. The van der Waals surface area contributed by atoms with E-state index < -0.39 is 6.09 Å². The number of aromatic nitrogens is 1. The maximum Gasteiger partial charge on any atom is 0.412 e. The van der Waals surface area contributed by atoms with Gasteiger partial charge in [0.1, 0.15) is 5.82 Å². The van der Waals surface area contributed by atoms with Crippen molar-refractivity contribution in [2.45, 2.75) is 13.8 Å². The molecule has 20 heavy (non-hydrogen) atoms. The van der Waals surface area contributed by atoms with E-state index in [1.165, 1.54) is 0 Å². The predicted molar refractivity (Wildman–Crippen MR) is 79.3 cm³/mol. The largest absolute Gasteiger partial charge is 0.450 e. The zero-order valence-corrected chi connectivity index (χ0v) is 11.5. The van der Waals surface area contributed by atoms with Crippen molar-refractivity contribution < 1.29 is 9.53 Å². The molecule has 0 saturated carbocycles. The van der Waals surface area contributed by atoms with Gasteiger partial charge in [-0.15, -0.1) is 0 Å². The van der Waals surface area contributed by atoms with Gasteiger partial charge in [-0.25, -0.2) is 9.78 Å². The van der Waals surface area contributed by atoms with Gasteiger partial charge in [0.2, 0.25) is 0 Å². The molecular formula is C15H17N3O2. The molecule has 0 fully saturated rings. The van der Waals surface area contributed by atoms with Crippen LogP contribution in [0.15, 0.2) is 42.6 Å². The first kappa shape index (κ1) is 13.9. The van der Waals surface area contributed by atoms with Crippen LogP contribution >= 0.6 is 0 Å². The number of carbonyl (C=O) groups is 1. The molecule has 0 radical (unpaired) electrons. The third-order valence-electron chi connectivity index (χ3n) is 2.69. The van der Waals surface area contributed by atoms with Crippen LogP contribution in [-0.4, -0.2) is 17.7 Å². The lowest BCUT2D eigenvalue weighted by Gasteiger charge is -2.09. The van der Waals surface area contributed by atoms with E-state index in [9.17, 15) is 4.79 Å². The Hall–Kier alpha value is -2.56. The van der Waals surface area contributed by atoms with Crippen LogP contribution in [0.2, 0.25) is 0 Å². The molecule has 0 atom stereocenters. The third-order valence-corrected chi connectivity index (χ3v) is 2.69. The van der Waals surface area contributed by atoms with Gasteiger partial charge >= 0.3 is 6.09 Å². The van der Waals surface area contributed by atoms with E-state index in [1.54, 1.807) is 19.2 Å². The smallest absolute Gasteiger partial charge is 0.412 e. The molecule has 1 heterocycles. The number of amides is 1. The highest BCUT2D eigenvalue weighted by atomic mass is 16.5. The van der Waals surface area contributed by atoms with E-state index in [4.69, 9.17) is 4.74 Å². The number of anilines is 3. The van der Waals surface area contributed by atoms with Crippen LogP contribution < -0.4 is 10.6 Å². The quantitative estimate of drug-likeness (QED) is 0.890. The minimum atomic E-state index is -0.500. The molecule has 5 nitrogen and oxygen atoms in total. The summed E-state index contributed by atoms with van der Waals surface area (Å²) >= 11 is 0. The topological polar surface area (TPSA) is 63.2 Å². The van der Waals surface area contributed by atoms with Crippen LogP contribution in [0.5, 0.6) is 0 Å². The Kier molecular flexibility index (Phi) is 4.55. The molecule has 2 rings (SSSR count). The van der Waals surface area contributed by atoms with Crippen LogP contribution in [0.4, 0.5) is 22.0 Å². The first-order valence-electron chi connectivity index (χ1n) is 6.41. The van der Waals surface area contributed by atoms with Gasteiger partial charge in [0, 0.05) is 5.69 Å². The van der Waals surface area contributed by atoms with Gasteiger partial charge in [-0.05, 0) is 37.6 Å². The summed E-state index contributed by atoms with van der Waals surface area (Å²) in [5.41, 5.74) is 3.04. The molecule has 5 heteroatoms. The molecule has 0 unspecified atom stereocenters. The molecule has 1 amide bonds. The molecule has 0 spiro atoms. The van der Waals surface area contributed by atoms with Gasteiger partial charge in [0.05, 0.1) is 18.5 Å². The number of hydrogen-bond acceptors (Lipinski definition) is 4. The second kappa shape index (κ2) is 6.56. The molecule has 0 aliphatic carbocycles. The number of rotatable bonds is 4. The average molecular weight is 271 g/mol. The average Bonchev–Trinajstić information content (AvgIpc) is 2.44. The maximum absolute atomic E-state index is 11.2. The highest BCUT2D eigenvalue weighted by molar-refractivity contribution is 5.83. The highest BCUT2D eigenvalue weighted by Crippen LogP contribution is 2.20. The summed E-state index contributed by atoms with van der Waals surface area (Å²) in [6, 6.07) is 11.6. The second-order valence-electron chi connectivity index (χ2n) is 4.22. The monoisotopic (exact) mass is 271 g/mol. The molecule has 2 N–H and O–H groups in total. The molecule has 1 aromatic carbocycles. The van der Waals surface area contributed by atoms with Gasteiger partial charge in [0.15, 0.2) is 0 Å². The minimum Gasteiger partial charge on any atom is -0.450 e. The summed E-state index contributed by atoms with van der Waals surface area (Å²) in [6.07, 6.45) is 1.16. The summed E-state index contributed by atoms with van der Waals surface area (Å²) < 4.78 is 4.78. The number of ether oxygens (including phenoxy) is 1. The number of hydrogen-bond donors (Lipinski definition) is 2. The summed E-state index contributed by atoms with van der Waals surface area (Å²) in [4.78, 5) is 15.4. The normalized spacial score (nSPS) is 9.90. The first-order chi connectivity index (χ1) is 9.69. The van der Waals surface area contributed by atoms with Crippen molar-refractivity contribution in [3.63, 3.8) is 0 Å². The van der Waals surface area contributed by atoms with Crippen molar-refractivity contribution in [1.82, 2.24) is 4.98 Å². The zero-order valence-electron chi connectivity index (χ0n) is 11.5. The Morgan fingerprint density at radius 2 is 2.05 bits per heavy atom. The Bertz CT molecular complexity index is 582. The fraction of sp³-hybridized carbons (Fsp3) is 0.200. The molecule has 104 valence electrons. The summed E-state index contributed by atoms with van der Waals surface area (Å²) in [7, 11) is 0. The Labute approximate surface area is 118 Å². The Balaban J connectivity index is 2.02.